The Bertz CT molecular complexity index is 415. The minimum absolute atomic E-state index is 0.144. The van der Waals surface area contributed by atoms with Gasteiger partial charge in [-0.2, -0.15) is 0 Å². The molecular formula is C13H17NO. The van der Waals surface area contributed by atoms with Crippen LogP contribution < -0.4 is 0 Å². The van der Waals surface area contributed by atoms with Gasteiger partial charge in [0.05, 0.1) is 0 Å². The second kappa shape index (κ2) is 3.09. The van der Waals surface area contributed by atoms with E-state index in [-0.39, 0.29) is 11.3 Å². The quantitative estimate of drug-likeness (QED) is 0.634. The van der Waals surface area contributed by atoms with Gasteiger partial charge in [-0.15, -0.1) is 0 Å². The maximum Gasteiger partial charge on any atom is 0.254 e. The van der Waals surface area contributed by atoms with Crippen LogP contribution in [0.4, 0.5) is 0 Å². The van der Waals surface area contributed by atoms with Gasteiger partial charge in [0.25, 0.3) is 5.91 Å². The van der Waals surface area contributed by atoms with E-state index >= 15 is 0 Å². The number of carbonyl (C=O) groups is 1. The van der Waals surface area contributed by atoms with Crippen LogP contribution in [0.1, 0.15) is 42.3 Å². The number of hydrogen-bond acceptors (Lipinski definition) is 1. The fourth-order valence-corrected chi connectivity index (χ4v) is 1.93. The lowest BCUT2D eigenvalue weighted by atomic mass is 9.85. The summed E-state index contributed by atoms with van der Waals surface area (Å²) >= 11 is 0. The first-order valence-electron chi connectivity index (χ1n) is 5.28. The fraction of sp³-hybridized carbons (Fsp3) is 0.462. The van der Waals surface area contributed by atoms with Gasteiger partial charge in [0.15, 0.2) is 0 Å². The minimum atomic E-state index is 0.144. The molecule has 1 heterocycles. The van der Waals surface area contributed by atoms with Crippen LogP contribution in [0.3, 0.4) is 0 Å². The molecule has 0 unspecified atom stereocenters. The number of benzene rings is 1. The third kappa shape index (κ3) is 1.65. The summed E-state index contributed by atoms with van der Waals surface area (Å²) in [4.78, 5) is 13.4. The molecular weight excluding hydrogens is 186 g/mol. The molecule has 1 aliphatic rings. The summed E-state index contributed by atoms with van der Waals surface area (Å²) in [6.07, 6.45) is 0. The average Bonchev–Trinajstić information content (AvgIpc) is 2.41. The van der Waals surface area contributed by atoms with Crippen molar-refractivity contribution in [2.75, 3.05) is 7.05 Å². The third-order valence-electron chi connectivity index (χ3n) is 2.96. The first-order chi connectivity index (χ1) is 6.89. The van der Waals surface area contributed by atoms with Gasteiger partial charge in [0, 0.05) is 19.2 Å². The molecule has 80 valence electrons. The topological polar surface area (TPSA) is 20.3 Å². The van der Waals surface area contributed by atoms with E-state index in [1.807, 2.05) is 13.1 Å². The molecule has 0 spiro atoms. The molecule has 2 nitrogen and oxygen atoms in total. The van der Waals surface area contributed by atoms with Crippen molar-refractivity contribution >= 4 is 5.91 Å². The van der Waals surface area contributed by atoms with Crippen LogP contribution in [0, 0.1) is 0 Å². The Labute approximate surface area is 90.9 Å². The van der Waals surface area contributed by atoms with Crippen molar-refractivity contribution in [1.82, 2.24) is 4.90 Å². The lowest BCUT2D eigenvalue weighted by molar-refractivity contribution is 0.0816. The van der Waals surface area contributed by atoms with Gasteiger partial charge in [-0.3, -0.25) is 4.79 Å². The lowest BCUT2D eigenvalue weighted by Gasteiger charge is -2.19. The predicted octanol–water partition coefficient (Wildman–Crippen LogP) is 2.57. The molecule has 0 fully saturated rings. The smallest absolute Gasteiger partial charge is 0.254 e. The monoisotopic (exact) mass is 203 g/mol. The van der Waals surface area contributed by atoms with E-state index in [4.69, 9.17) is 0 Å². The Morgan fingerprint density at radius 1 is 1.27 bits per heavy atom. The zero-order chi connectivity index (χ0) is 11.2. The van der Waals surface area contributed by atoms with Gasteiger partial charge in [-0.25, -0.2) is 0 Å². The molecule has 0 N–H and O–H groups in total. The summed E-state index contributed by atoms with van der Waals surface area (Å²) in [5.74, 6) is 0.144. The molecule has 0 aliphatic carbocycles. The van der Waals surface area contributed by atoms with E-state index in [2.05, 4.69) is 32.9 Å². The van der Waals surface area contributed by atoms with Crippen LogP contribution in [0.2, 0.25) is 0 Å². The third-order valence-corrected chi connectivity index (χ3v) is 2.96. The molecule has 0 atom stereocenters. The Balaban J connectivity index is 2.47. The second-order valence-electron chi connectivity index (χ2n) is 5.28. The van der Waals surface area contributed by atoms with Gasteiger partial charge in [0.1, 0.15) is 0 Å². The van der Waals surface area contributed by atoms with Crippen molar-refractivity contribution in [3.63, 3.8) is 0 Å². The van der Waals surface area contributed by atoms with Crippen molar-refractivity contribution in [3.8, 4) is 0 Å². The molecule has 0 aromatic heterocycles. The van der Waals surface area contributed by atoms with Crippen molar-refractivity contribution in [2.24, 2.45) is 0 Å². The fourth-order valence-electron chi connectivity index (χ4n) is 1.93. The zero-order valence-corrected chi connectivity index (χ0v) is 9.79. The molecule has 1 aromatic rings. The van der Waals surface area contributed by atoms with Gasteiger partial charge in [-0.1, -0.05) is 32.9 Å². The maximum absolute atomic E-state index is 11.7. The van der Waals surface area contributed by atoms with E-state index in [0.717, 1.165) is 17.7 Å². The Hall–Kier alpha value is -1.31. The molecule has 1 aliphatic heterocycles. The van der Waals surface area contributed by atoms with Crippen molar-refractivity contribution in [3.05, 3.63) is 34.9 Å². The van der Waals surface area contributed by atoms with Crippen LogP contribution in [0.15, 0.2) is 18.2 Å². The molecule has 0 saturated carbocycles. The van der Waals surface area contributed by atoms with Gasteiger partial charge in [-0.05, 0) is 22.6 Å². The van der Waals surface area contributed by atoms with Crippen LogP contribution >= 0.6 is 0 Å². The highest BCUT2D eigenvalue weighted by Crippen LogP contribution is 2.28. The number of fused-ring (bicyclic) bond motifs is 1. The van der Waals surface area contributed by atoms with Crippen LogP contribution in [-0.4, -0.2) is 17.9 Å². The Morgan fingerprint density at radius 3 is 2.53 bits per heavy atom. The number of carbonyl (C=O) groups excluding carboxylic acids is 1. The van der Waals surface area contributed by atoms with Crippen molar-refractivity contribution in [2.45, 2.75) is 32.7 Å². The predicted molar refractivity (Wildman–Crippen MR) is 60.9 cm³/mol. The second-order valence-corrected chi connectivity index (χ2v) is 5.28. The standard InChI is InChI=1S/C13H17NO/c1-13(2,3)10-5-6-11-9(7-10)8-14(4)12(11)15/h5-7H,8H2,1-4H3. The number of nitrogens with zero attached hydrogens (tertiary/aromatic N) is 1. The first-order valence-corrected chi connectivity index (χ1v) is 5.28. The van der Waals surface area contributed by atoms with E-state index in [1.165, 1.54) is 5.56 Å². The van der Waals surface area contributed by atoms with Gasteiger partial charge < -0.3 is 4.90 Å². The lowest BCUT2D eigenvalue weighted by Crippen LogP contribution is -2.17. The highest BCUT2D eigenvalue weighted by atomic mass is 16.2. The maximum atomic E-state index is 11.7. The number of amides is 1. The van der Waals surface area contributed by atoms with Gasteiger partial charge in [0.2, 0.25) is 0 Å². The molecule has 0 radical (unpaired) electrons. The minimum Gasteiger partial charge on any atom is -0.337 e. The zero-order valence-electron chi connectivity index (χ0n) is 9.79. The molecule has 15 heavy (non-hydrogen) atoms. The molecule has 0 saturated heterocycles. The molecule has 2 rings (SSSR count). The summed E-state index contributed by atoms with van der Waals surface area (Å²) in [6, 6.07) is 6.19. The van der Waals surface area contributed by atoms with Crippen LogP contribution in [0.25, 0.3) is 0 Å². The SMILES string of the molecule is CN1Cc2cc(C(C)(C)C)ccc2C1=O. The summed E-state index contributed by atoms with van der Waals surface area (Å²) < 4.78 is 0. The van der Waals surface area contributed by atoms with E-state index < -0.39 is 0 Å². The highest BCUT2D eigenvalue weighted by molar-refractivity contribution is 5.98. The summed E-state index contributed by atoms with van der Waals surface area (Å²) in [5.41, 5.74) is 3.48. The van der Waals surface area contributed by atoms with Gasteiger partial charge >= 0.3 is 0 Å². The average molecular weight is 203 g/mol. The largest absolute Gasteiger partial charge is 0.337 e. The van der Waals surface area contributed by atoms with E-state index in [9.17, 15) is 4.79 Å². The van der Waals surface area contributed by atoms with Crippen molar-refractivity contribution in [1.29, 1.82) is 0 Å². The Morgan fingerprint density at radius 2 is 1.93 bits per heavy atom. The number of rotatable bonds is 0. The Kier molecular flexibility index (Phi) is 2.10. The summed E-state index contributed by atoms with van der Waals surface area (Å²) in [5, 5.41) is 0. The van der Waals surface area contributed by atoms with E-state index in [0.29, 0.717) is 0 Å². The summed E-state index contributed by atoms with van der Waals surface area (Å²) in [7, 11) is 1.85. The first kappa shape index (κ1) is 10.2. The number of hydrogen-bond donors (Lipinski definition) is 0. The van der Waals surface area contributed by atoms with Crippen molar-refractivity contribution < 1.29 is 4.79 Å². The van der Waals surface area contributed by atoms with Crippen LogP contribution in [-0.2, 0) is 12.0 Å². The van der Waals surface area contributed by atoms with Crippen LogP contribution in [0.5, 0.6) is 0 Å². The summed E-state index contributed by atoms with van der Waals surface area (Å²) in [6.45, 7) is 7.32. The molecule has 2 heteroatoms. The highest BCUT2D eigenvalue weighted by Gasteiger charge is 2.25. The molecule has 1 aromatic carbocycles. The molecule has 0 bridgehead atoms. The molecule has 1 amide bonds. The normalized spacial score (nSPS) is 15.7. The van der Waals surface area contributed by atoms with E-state index in [1.54, 1.807) is 4.90 Å².